The maximum Gasteiger partial charge on any atom is 0.255 e. The average molecular weight is 565 g/mol. The molecule has 1 saturated heterocycles. The third kappa shape index (κ3) is 4.99. The third-order valence-electron chi connectivity index (χ3n) is 10.4. The van der Waals surface area contributed by atoms with Gasteiger partial charge in [0.25, 0.3) is 5.91 Å². The lowest BCUT2D eigenvalue weighted by Gasteiger charge is -2.51. The second-order valence-corrected chi connectivity index (χ2v) is 13.0. The smallest absolute Gasteiger partial charge is 0.255 e. The molecule has 2 bridgehead atoms. The molecule has 3 heterocycles. The fourth-order valence-electron chi connectivity index (χ4n) is 7.69. The average Bonchev–Trinajstić information content (AvgIpc) is 3.61. The van der Waals surface area contributed by atoms with Crippen LogP contribution < -0.4 is 11.1 Å². The third-order valence-corrected chi connectivity index (χ3v) is 10.4. The Labute approximate surface area is 238 Å². The van der Waals surface area contributed by atoms with Crippen LogP contribution in [0.1, 0.15) is 87.0 Å². The maximum absolute atomic E-state index is 13.6. The van der Waals surface area contributed by atoms with Crippen molar-refractivity contribution in [2.24, 2.45) is 0 Å². The molecule has 5 fully saturated rings. The van der Waals surface area contributed by atoms with Gasteiger partial charge in [-0.3, -0.25) is 14.4 Å². The minimum atomic E-state index is -2.50. The lowest BCUT2D eigenvalue weighted by atomic mass is 9.63. The van der Waals surface area contributed by atoms with Crippen molar-refractivity contribution >= 4 is 22.6 Å². The topological polar surface area (TPSA) is 109 Å². The quantitative estimate of drug-likeness (QED) is 0.399. The highest BCUT2D eigenvalue weighted by atomic mass is 19.3. The van der Waals surface area contributed by atoms with Gasteiger partial charge in [-0.2, -0.15) is 5.10 Å². The molecule has 8 nitrogen and oxygen atoms in total. The molecule has 0 radical (unpaired) electrons. The zero-order chi connectivity index (χ0) is 28.4. The molecule has 0 spiro atoms. The Morgan fingerprint density at radius 3 is 2.41 bits per heavy atom. The molecule has 4 N–H and O–H groups in total. The Bertz CT molecular complexity index is 1450. The van der Waals surface area contributed by atoms with Crippen molar-refractivity contribution in [3.8, 4) is 11.1 Å². The van der Waals surface area contributed by atoms with Crippen LogP contribution in [0.15, 0.2) is 36.7 Å². The van der Waals surface area contributed by atoms with Gasteiger partial charge < -0.3 is 16.2 Å². The van der Waals surface area contributed by atoms with Crippen molar-refractivity contribution in [2.45, 2.75) is 99.8 Å². The molecule has 1 aliphatic heterocycles. The number of carbonyl (C=O) groups is 1. The van der Waals surface area contributed by atoms with Gasteiger partial charge in [0.05, 0.1) is 28.9 Å². The van der Waals surface area contributed by atoms with Gasteiger partial charge in [-0.05, 0) is 81.5 Å². The summed E-state index contributed by atoms with van der Waals surface area (Å²) in [6, 6.07) is 8.39. The standard InChI is InChI=1S/C31H38F2N6O2/c32-31(33)6-3-23(4-7-31)38-14-5-24(19-38)39-26-2-1-20(15-22(26)18-36-39)21-16-25(27(34)35-17-21)28(40)37-29-8-11-30(41,12-9-29)13-10-29/h1-2,15-18,23-24,41H,3-14,19H2,(H2,34,35)(H,37,40). The zero-order valence-electron chi connectivity index (χ0n) is 23.3. The summed E-state index contributed by atoms with van der Waals surface area (Å²) < 4.78 is 29.4. The molecule has 1 aromatic carbocycles. The first kappa shape index (κ1) is 26.8. The molecular weight excluding hydrogens is 526 g/mol. The summed E-state index contributed by atoms with van der Waals surface area (Å²) in [6.07, 6.45) is 10.1. The van der Waals surface area contributed by atoms with Crippen LogP contribution in [0.3, 0.4) is 0 Å². The Balaban J connectivity index is 1.07. The van der Waals surface area contributed by atoms with Crippen molar-refractivity contribution in [1.82, 2.24) is 25.0 Å². The first-order chi connectivity index (χ1) is 19.6. The van der Waals surface area contributed by atoms with E-state index in [4.69, 9.17) is 10.8 Å². The number of hydrogen-bond donors (Lipinski definition) is 3. The van der Waals surface area contributed by atoms with Gasteiger partial charge in [-0.25, -0.2) is 13.8 Å². The van der Waals surface area contributed by atoms with Crippen LogP contribution in [0.25, 0.3) is 22.0 Å². The van der Waals surface area contributed by atoms with E-state index in [9.17, 15) is 18.7 Å². The van der Waals surface area contributed by atoms with E-state index in [0.717, 1.165) is 60.8 Å². The number of hydrogen-bond acceptors (Lipinski definition) is 6. The van der Waals surface area contributed by atoms with Gasteiger partial charge in [0.15, 0.2) is 0 Å². The number of fused-ring (bicyclic) bond motifs is 4. The number of nitrogen functional groups attached to an aromatic ring is 1. The number of nitrogens with zero attached hydrogens (tertiary/aromatic N) is 4. The molecule has 5 aliphatic rings. The highest BCUT2D eigenvalue weighted by Gasteiger charge is 2.48. The van der Waals surface area contributed by atoms with Gasteiger partial charge in [0.2, 0.25) is 5.92 Å². The molecule has 4 aliphatic carbocycles. The largest absolute Gasteiger partial charge is 0.390 e. The second-order valence-electron chi connectivity index (χ2n) is 13.0. The summed E-state index contributed by atoms with van der Waals surface area (Å²) in [5.41, 5.74) is 8.45. The van der Waals surface area contributed by atoms with E-state index in [1.54, 1.807) is 6.20 Å². The number of amides is 1. The van der Waals surface area contributed by atoms with Gasteiger partial charge in [0.1, 0.15) is 5.82 Å². The van der Waals surface area contributed by atoms with E-state index in [0.29, 0.717) is 37.7 Å². The number of halogens is 2. The van der Waals surface area contributed by atoms with E-state index >= 15 is 0 Å². The van der Waals surface area contributed by atoms with E-state index < -0.39 is 11.5 Å². The highest BCUT2D eigenvalue weighted by molar-refractivity contribution is 6.00. The minimum absolute atomic E-state index is 0.0130. The minimum Gasteiger partial charge on any atom is -0.390 e. The summed E-state index contributed by atoms with van der Waals surface area (Å²) in [4.78, 5) is 20.1. The predicted molar refractivity (Wildman–Crippen MR) is 153 cm³/mol. The molecular formula is C31H38F2N6O2. The van der Waals surface area contributed by atoms with E-state index in [1.807, 2.05) is 18.3 Å². The van der Waals surface area contributed by atoms with Gasteiger partial charge in [-0.15, -0.1) is 0 Å². The monoisotopic (exact) mass is 564 g/mol. The van der Waals surface area contributed by atoms with Crippen LogP contribution in [0.4, 0.5) is 14.6 Å². The summed E-state index contributed by atoms with van der Waals surface area (Å²) in [6.45, 7) is 1.74. The number of nitrogens with two attached hydrogens (primary N) is 1. The van der Waals surface area contributed by atoms with Crippen LogP contribution in [0.5, 0.6) is 0 Å². The normalized spacial score (nSPS) is 30.2. The molecule has 8 rings (SSSR count). The number of carbonyl (C=O) groups excluding carboxylic acids is 1. The molecule has 3 aromatic rings. The summed E-state index contributed by atoms with van der Waals surface area (Å²) in [5, 5.41) is 19.5. The zero-order valence-corrected chi connectivity index (χ0v) is 23.3. The molecule has 4 saturated carbocycles. The molecule has 2 aromatic heterocycles. The number of rotatable bonds is 5. The Kier molecular flexibility index (Phi) is 6.35. The number of pyridine rings is 1. The number of anilines is 1. The first-order valence-corrected chi connectivity index (χ1v) is 15.0. The summed E-state index contributed by atoms with van der Waals surface area (Å²) in [7, 11) is 0. The molecule has 1 unspecified atom stereocenters. The summed E-state index contributed by atoms with van der Waals surface area (Å²) >= 11 is 0. The van der Waals surface area contributed by atoms with Crippen molar-refractivity contribution in [2.75, 3.05) is 18.8 Å². The lowest BCUT2D eigenvalue weighted by molar-refractivity contribution is -0.0702. The van der Waals surface area contributed by atoms with Crippen LogP contribution in [-0.2, 0) is 0 Å². The van der Waals surface area contributed by atoms with Crippen LogP contribution >= 0.6 is 0 Å². The van der Waals surface area contributed by atoms with Crippen molar-refractivity contribution < 1.29 is 18.7 Å². The fraction of sp³-hybridized carbons (Fsp3) is 0.581. The molecule has 1 atom stereocenters. The Morgan fingerprint density at radius 1 is 0.951 bits per heavy atom. The fourth-order valence-corrected chi connectivity index (χ4v) is 7.69. The number of nitrogens with one attached hydrogen (secondary N) is 1. The Hall–Kier alpha value is -3.11. The van der Waals surface area contributed by atoms with E-state index in [1.165, 1.54) is 0 Å². The first-order valence-electron chi connectivity index (χ1n) is 15.0. The van der Waals surface area contributed by atoms with E-state index in [-0.39, 0.29) is 42.2 Å². The number of aromatic nitrogens is 3. The summed E-state index contributed by atoms with van der Waals surface area (Å²) in [5.74, 6) is -2.52. The molecule has 10 heteroatoms. The van der Waals surface area contributed by atoms with E-state index in [2.05, 4.69) is 32.0 Å². The molecule has 1 amide bonds. The van der Waals surface area contributed by atoms with Crippen LogP contribution in [0, 0.1) is 0 Å². The molecule has 218 valence electrons. The predicted octanol–water partition coefficient (Wildman–Crippen LogP) is 5.07. The number of likely N-dealkylation sites (tertiary alicyclic amines) is 1. The Morgan fingerprint density at radius 2 is 1.68 bits per heavy atom. The number of benzene rings is 1. The lowest BCUT2D eigenvalue weighted by Crippen LogP contribution is -2.58. The van der Waals surface area contributed by atoms with Gasteiger partial charge >= 0.3 is 0 Å². The van der Waals surface area contributed by atoms with Gasteiger partial charge in [0, 0.05) is 54.7 Å². The van der Waals surface area contributed by atoms with Crippen molar-refractivity contribution in [3.63, 3.8) is 0 Å². The van der Waals surface area contributed by atoms with Crippen LogP contribution in [-0.4, -0.2) is 66.9 Å². The SMILES string of the molecule is Nc1ncc(-c2ccc3c(cnn3C3CCN(C4CCC(F)(F)CC4)C3)c2)cc1C(=O)NC12CCC(O)(CC1)CC2. The van der Waals surface area contributed by atoms with Gasteiger partial charge in [-0.1, -0.05) is 6.07 Å². The number of aliphatic hydroxyl groups is 1. The highest BCUT2D eigenvalue weighted by Crippen LogP contribution is 2.47. The number of alkyl halides is 2. The second kappa shape index (κ2) is 9.73. The van der Waals surface area contributed by atoms with Crippen LogP contribution in [0.2, 0.25) is 0 Å². The molecule has 41 heavy (non-hydrogen) atoms. The van der Waals surface area contributed by atoms with Crippen molar-refractivity contribution in [3.05, 3.63) is 42.2 Å². The van der Waals surface area contributed by atoms with Crippen molar-refractivity contribution in [1.29, 1.82) is 0 Å². The maximum atomic E-state index is 13.6.